The maximum Gasteiger partial charge on any atom is 0.410 e. The van der Waals surface area contributed by atoms with Crippen molar-refractivity contribution in [1.82, 2.24) is 14.9 Å². The standard InChI is InChI=1S/C18H26ClN3O3/c1-18(2,3)25-17(23)22-7-4-12(5-8-22)14-10-15(19)21-16(20-14)13-6-9-24-11-13/h10,12-13H,4-9,11H2,1-3H3. The molecular weight excluding hydrogens is 342 g/mol. The monoisotopic (exact) mass is 367 g/mol. The molecule has 1 unspecified atom stereocenters. The molecule has 138 valence electrons. The number of amides is 1. The molecule has 1 amide bonds. The van der Waals surface area contributed by atoms with E-state index in [4.69, 9.17) is 26.1 Å². The van der Waals surface area contributed by atoms with E-state index < -0.39 is 5.60 Å². The first-order valence-electron chi connectivity index (χ1n) is 8.92. The molecule has 1 atom stereocenters. The fraction of sp³-hybridized carbons (Fsp3) is 0.722. The van der Waals surface area contributed by atoms with Gasteiger partial charge < -0.3 is 14.4 Å². The zero-order valence-electron chi connectivity index (χ0n) is 15.1. The molecule has 2 aliphatic rings. The average molecular weight is 368 g/mol. The highest BCUT2D eigenvalue weighted by Crippen LogP contribution is 2.31. The van der Waals surface area contributed by atoms with Crippen molar-refractivity contribution in [3.05, 3.63) is 22.7 Å². The zero-order valence-corrected chi connectivity index (χ0v) is 15.9. The molecule has 0 N–H and O–H groups in total. The Bertz CT molecular complexity index is 618. The molecule has 2 saturated heterocycles. The quantitative estimate of drug-likeness (QED) is 0.745. The second-order valence-corrected chi connectivity index (χ2v) is 8.16. The number of ether oxygens (including phenoxy) is 2. The molecule has 1 aromatic heterocycles. The van der Waals surface area contributed by atoms with Gasteiger partial charge in [-0.15, -0.1) is 0 Å². The molecule has 1 aromatic rings. The van der Waals surface area contributed by atoms with Gasteiger partial charge >= 0.3 is 6.09 Å². The summed E-state index contributed by atoms with van der Waals surface area (Å²) >= 11 is 6.22. The summed E-state index contributed by atoms with van der Waals surface area (Å²) in [7, 11) is 0. The van der Waals surface area contributed by atoms with E-state index in [2.05, 4.69) is 4.98 Å². The van der Waals surface area contributed by atoms with Crippen molar-refractivity contribution in [2.24, 2.45) is 0 Å². The number of piperidine rings is 1. The second-order valence-electron chi connectivity index (χ2n) is 7.78. The highest BCUT2D eigenvalue weighted by molar-refractivity contribution is 6.29. The molecule has 2 aliphatic heterocycles. The Morgan fingerprint density at radius 3 is 2.56 bits per heavy atom. The first-order valence-corrected chi connectivity index (χ1v) is 9.29. The van der Waals surface area contributed by atoms with Crippen LogP contribution in [0, 0.1) is 0 Å². The van der Waals surface area contributed by atoms with E-state index in [9.17, 15) is 4.79 Å². The van der Waals surface area contributed by atoms with Gasteiger partial charge in [-0.3, -0.25) is 0 Å². The SMILES string of the molecule is CC(C)(C)OC(=O)N1CCC(c2cc(Cl)nc(C3CCOC3)n2)CC1. The first kappa shape index (κ1) is 18.4. The van der Waals surface area contributed by atoms with E-state index in [1.807, 2.05) is 26.8 Å². The number of hydrogen-bond donors (Lipinski definition) is 0. The van der Waals surface area contributed by atoms with Crippen LogP contribution in [0.1, 0.15) is 63.4 Å². The molecule has 2 fully saturated rings. The van der Waals surface area contributed by atoms with Gasteiger partial charge in [-0.1, -0.05) is 11.6 Å². The van der Waals surface area contributed by atoms with Crippen molar-refractivity contribution < 1.29 is 14.3 Å². The molecule has 25 heavy (non-hydrogen) atoms. The molecule has 0 aliphatic carbocycles. The Labute approximate surface area is 153 Å². The average Bonchev–Trinajstić information content (AvgIpc) is 3.07. The molecule has 0 bridgehead atoms. The van der Waals surface area contributed by atoms with Crippen molar-refractivity contribution in [1.29, 1.82) is 0 Å². The van der Waals surface area contributed by atoms with Crippen LogP contribution in [0.3, 0.4) is 0 Å². The van der Waals surface area contributed by atoms with Crippen LogP contribution in [0.5, 0.6) is 0 Å². The van der Waals surface area contributed by atoms with Crippen LogP contribution in [0.4, 0.5) is 4.79 Å². The Hall–Kier alpha value is -1.40. The summed E-state index contributed by atoms with van der Waals surface area (Å²) in [4.78, 5) is 23.1. The third-order valence-corrected chi connectivity index (χ3v) is 4.79. The number of aromatic nitrogens is 2. The number of carbonyl (C=O) groups excluding carboxylic acids is 1. The smallest absolute Gasteiger partial charge is 0.410 e. The molecule has 3 rings (SSSR count). The summed E-state index contributed by atoms with van der Waals surface area (Å²) in [5.41, 5.74) is 0.512. The van der Waals surface area contributed by atoms with E-state index >= 15 is 0 Å². The summed E-state index contributed by atoms with van der Waals surface area (Å²) in [6, 6.07) is 1.86. The number of likely N-dealkylation sites (tertiary alicyclic amines) is 1. The largest absolute Gasteiger partial charge is 0.444 e. The van der Waals surface area contributed by atoms with E-state index in [0.717, 1.165) is 37.4 Å². The topological polar surface area (TPSA) is 64.5 Å². The normalized spacial score (nSPS) is 22.2. The molecule has 0 saturated carbocycles. The van der Waals surface area contributed by atoms with Gasteiger partial charge in [-0.25, -0.2) is 14.8 Å². The van der Waals surface area contributed by atoms with Gasteiger partial charge in [0.25, 0.3) is 0 Å². The van der Waals surface area contributed by atoms with Crippen LogP contribution in [0.2, 0.25) is 5.15 Å². The molecular formula is C18H26ClN3O3. The van der Waals surface area contributed by atoms with Crippen LogP contribution in [-0.2, 0) is 9.47 Å². The van der Waals surface area contributed by atoms with Gasteiger partial charge in [0.2, 0.25) is 0 Å². The highest BCUT2D eigenvalue weighted by atomic mass is 35.5. The van der Waals surface area contributed by atoms with Crippen molar-refractivity contribution in [3.8, 4) is 0 Å². The van der Waals surface area contributed by atoms with Gasteiger partial charge in [0.15, 0.2) is 0 Å². The van der Waals surface area contributed by atoms with Crippen LogP contribution in [0.25, 0.3) is 0 Å². The predicted molar refractivity (Wildman–Crippen MR) is 95.0 cm³/mol. The Morgan fingerprint density at radius 2 is 1.96 bits per heavy atom. The summed E-state index contributed by atoms with van der Waals surface area (Å²) < 4.78 is 10.9. The minimum atomic E-state index is -0.466. The minimum Gasteiger partial charge on any atom is -0.444 e. The lowest BCUT2D eigenvalue weighted by atomic mass is 9.93. The van der Waals surface area contributed by atoms with Crippen molar-refractivity contribution in [3.63, 3.8) is 0 Å². The van der Waals surface area contributed by atoms with Gasteiger partial charge in [0.1, 0.15) is 16.6 Å². The number of hydrogen-bond acceptors (Lipinski definition) is 5. The van der Waals surface area contributed by atoms with Gasteiger partial charge in [0.05, 0.1) is 6.61 Å². The lowest BCUT2D eigenvalue weighted by Gasteiger charge is -2.33. The maximum absolute atomic E-state index is 12.2. The van der Waals surface area contributed by atoms with Crippen LogP contribution >= 0.6 is 11.6 Å². The highest BCUT2D eigenvalue weighted by Gasteiger charge is 2.29. The summed E-state index contributed by atoms with van der Waals surface area (Å²) in [5, 5.41) is 0.487. The molecule has 0 spiro atoms. The first-order chi connectivity index (χ1) is 11.8. The third-order valence-electron chi connectivity index (χ3n) is 4.59. The van der Waals surface area contributed by atoms with Crippen LogP contribution in [0.15, 0.2) is 6.07 Å². The number of rotatable bonds is 2. The summed E-state index contributed by atoms with van der Waals surface area (Å²) in [6.07, 6.45) is 2.41. The van der Waals surface area contributed by atoms with E-state index in [1.165, 1.54) is 0 Å². The fourth-order valence-corrected chi connectivity index (χ4v) is 3.47. The second kappa shape index (κ2) is 7.46. The number of halogens is 1. The fourth-order valence-electron chi connectivity index (χ4n) is 3.27. The van der Waals surface area contributed by atoms with Crippen molar-refractivity contribution >= 4 is 17.7 Å². The molecule has 0 radical (unpaired) electrons. The Kier molecular flexibility index (Phi) is 5.49. The molecule has 7 heteroatoms. The number of nitrogens with zero attached hydrogens (tertiary/aromatic N) is 3. The number of carbonyl (C=O) groups is 1. The molecule has 3 heterocycles. The van der Waals surface area contributed by atoms with E-state index in [-0.39, 0.29) is 12.0 Å². The van der Waals surface area contributed by atoms with Gasteiger partial charge in [0, 0.05) is 37.2 Å². The minimum absolute atomic E-state index is 0.235. The van der Waals surface area contributed by atoms with E-state index in [0.29, 0.717) is 30.8 Å². The Balaban J connectivity index is 1.64. The van der Waals surface area contributed by atoms with Gasteiger partial charge in [-0.05, 0) is 46.1 Å². The lowest BCUT2D eigenvalue weighted by molar-refractivity contribution is 0.0204. The van der Waals surface area contributed by atoms with E-state index in [1.54, 1.807) is 4.90 Å². The Morgan fingerprint density at radius 1 is 1.24 bits per heavy atom. The maximum atomic E-state index is 12.2. The third kappa shape index (κ3) is 4.82. The van der Waals surface area contributed by atoms with Crippen molar-refractivity contribution in [2.45, 2.75) is 57.5 Å². The van der Waals surface area contributed by atoms with Crippen LogP contribution < -0.4 is 0 Å². The molecule has 0 aromatic carbocycles. The predicted octanol–water partition coefficient (Wildman–Crippen LogP) is 3.75. The summed E-state index contributed by atoms with van der Waals surface area (Å²) in [6.45, 7) is 8.41. The van der Waals surface area contributed by atoms with Crippen molar-refractivity contribution in [2.75, 3.05) is 26.3 Å². The van der Waals surface area contributed by atoms with Gasteiger partial charge in [-0.2, -0.15) is 0 Å². The lowest BCUT2D eigenvalue weighted by Crippen LogP contribution is -2.41. The zero-order chi connectivity index (χ0) is 18.0. The summed E-state index contributed by atoms with van der Waals surface area (Å²) in [5.74, 6) is 1.31. The van der Waals surface area contributed by atoms with Crippen LogP contribution in [-0.4, -0.2) is 52.9 Å². The molecule has 6 nitrogen and oxygen atoms in total.